The molecule has 0 aliphatic rings. The van der Waals surface area contributed by atoms with Crippen LogP contribution in [0.4, 0.5) is 0 Å². The highest BCUT2D eigenvalue weighted by Crippen LogP contribution is 2.15. The van der Waals surface area contributed by atoms with E-state index in [1.807, 2.05) is 11.3 Å². The van der Waals surface area contributed by atoms with Crippen LogP contribution in [0.15, 0.2) is 34.3 Å². The van der Waals surface area contributed by atoms with Crippen LogP contribution < -0.4 is 5.32 Å². The molecule has 0 aromatic carbocycles. The molecule has 2 rings (SSSR count). The predicted octanol–water partition coefficient (Wildman–Crippen LogP) is 3.96. The van der Waals surface area contributed by atoms with E-state index < -0.39 is 0 Å². The van der Waals surface area contributed by atoms with E-state index in [-0.39, 0.29) is 0 Å². The Morgan fingerprint density at radius 2 is 2.24 bits per heavy atom. The molecule has 0 saturated heterocycles. The Balaban J connectivity index is 1.84. The number of aryl methyl sites for hydroxylation is 1. The lowest BCUT2D eigenvalue weighted by Crippen LogP contribution is -2.31. The number of rotatable bonds is 7. The second-order valence-electron chi connectivity index (χ2n) is 4.21. The van der Waals surface area contributed by atoms with Crippen molar-refractivity contribution in [2.24, 2.45) is 0 Å². The van der Waals surface area contributed by atoms with Gasteiger partial charge in [0, 0.05) is 10.9 Å². The normalized spacial score (nSPS) is 12.8. The summed E-state index contributed by atoms with van der Waals surface area (Å²) in [5, 5.41) is 10.2. The lowest BCUT2D eigenvalue weighted by Gasteiger charge is -2.16. The molecule has 0 bridgehead atoms. The first kappa shape index (κ1) is 12.8. The topological polar surface area (TPSA) is 12.0 Å². The van der Waals surface area contributed by atoms with E-state index in [1.165, 1.54) is 23.3 Å². The van der Waals surface area contributed by atoms with Crippen LogP contribution in [0.2, 0.25) is 0 Å². The van der Waals surface area contributed by atoms with E-state index in [9.17, 15) is 0 Å². The minimum Gasteiger partial charge on any atom is -0.314 e. The van der Waals surface area contributed by atoms with Crippen LogP contribution in [0.25, 0.3) is 0 Å². The fraction of sp³-hybridized carbons (Fsp3) is 0.429. The average Bonchev–Trinajstić information content (AvgIpc) is 2.99. The summed E-state index contributed by atoms with van der Waals surface area (Å²) >= 11 is 3.65. The van der Waals surface area contributed by atoms with E-state index in [1.54, 1.807) is 11.3 Å². The lowest BCUT2D eigenvalue weighted by atomic mass is 10.0. The SMILES string of the molecule is CCNC(CCc1ccsc1)Cc1cccs1. The van der Waals surface area contributed by atoms with Crippen molar-refractivity contribution >= 4 is 22.7 Å². The van der Waals surface area contributed by atoms with Crippen molar-refractivity contribution in [3.05, 3.63) is 44.8 Å². The summed E-state index contributed by atoms with van der Waals surface area (Å²) in [4.78, 5) is 1.49. The van der Waals surface area contributed by atoms with Crippen LogP contribution in [0, 0.1) is 0 Å². The number of nitrogens with one attached hydrogen (secondary N) is 1. The minimum absolute atomic E-state index is 0.610. The second-order valence-corrected chi connectivity index (χ2v) is 6.02. The molecule has 0 spiro atoms. The molecular weight excluding hydrogens is 246 g/mol. The monoisotopic (exact) mass is 265 g/mol. The zero-order chi connectivity index (χ0) is 11.9. The summed E-state index contributed by atoms with van der Waals surface area (Å²) < 4.78 is 0. The summed E-state index contributed by atoms with van der Waals surface area (Å²) in [6, 6.07) is 7.22. The molecule has 0 aliphatic heterocycles. The maximum atomic E-state index is 3.59. The van der Waals surface area contributed by atoms with Crippen LogP contribution >= 0.6 is 22.7 Å². The summed E-state index contributed by atoms with van der Waals surface area (Å²) in [5.74, 6) is 0. The maximum absolute atomic E-state index is 3.59. The van der Waals surface area contributed by atoms with Crippen LogP contribution in [-0.2, 0) is 12.8 Å². The van der Waals surface area contributed by atoms with E-state index in [0.717, 1.165) is 13.0 Å². The molecule has 0 aliphatic carbocycles. The lowest BCUT2D eigenvalue weighted by molar-refractivity contribution is 0.494. The van der Waals surface area contributed by atoms with Crippen LogP contribution in [-0.4, -0.2) is 12.6 Å². The van der Waals surface area contributed by atoms with Gasteiger partial charge in [-0.05, 0) is 59.6 Å². The van der Waals surface area contributed by atoms with Gasteiger partial charge in [0.25, 0.3) is 0 Å². The molecule has 1 atom stereocenters. The Labute approximate surface area is 112 Å². The average molecular weight is 265 g/mol. The molecule has 92 valence electrons. The molecule has 3 heteroatoms. The quantitative estimate of drug-likeness (QED) is 0.799. The first-order chi connectivity index (χ1) is 8.38. The van der Waals surface area contributed by atoms with Gasteiger partial charge < -0.3 is 5.32 Å². The third-order valence-electron chi connectivity index (χ3n) is 2.88. The summed E-state index contributed by atoms with van der Waals surface area (Å²) in [6.45, 7) is 3.24. The van der Waals surface area contributed by atoms with Crippen LogP contribution in [0.5, 0.6) is 0 Å². The fourth-order valence-electron chi connectivity index (χ4n) is 2.01. The molecule has 0 radical (unpaired) electrons. The third-order valence-corrected chi connectivity index (χ3v) is 4.51. The van der Waals surface area contributed by atoms with Crippen molar-refractivity contribution < 1.29 is 0 Å². The highest BCUT2D eigenvalue weighted by Gasteiger charge is 2.09. The number of thiophene rings is 2. The summed E-state index contributed by atoms with van der Waals surface area (Å²) in [7, 11) is 0. The smallest absolute Gasteiger partial charge is 0.0118 e. The van der Waals surface area contributed by atoms with Crippen molar-refractivity contribution in [1.82, 2.24) is 5.32 Å². The van der Waals surface area contributed by atoms with E-state index in [4.69, 9.17) is 0 Å². The molecule has 0 saturated carbocycles. The van der Waals surface area contributed by atoms with Gasteiger partial charge in [0.15, 0.2) is 0 Å². The Morgan fingerprint density at radius 1 is 1.29 bits per heavy atom. The Morgan fingerprint density at radius 3 is 2.88 bits per heavy atom. The van der Waals surface area contributed by atoms with Crippen molar-refractivity contribution in [2.75, 3.05) is 6.54 Å². The molecular formula is C14H19NS2. The molecule has 2 aromatic rings. The van der Waals surface area contributed by atoms with E-state index in [2.05, 4.69) is 46.6 Å². The summed E-state index contributed by atoms with van der Waals surface area (Å²) in [5.41, 5.74) is 1.48. The second kappa shape index (κ2) is 6.94. The molecule has 1 N–H and O–H groups in total. The number of likely N-dealkylation sites (N-methyl/N-ethyl adjacent to an activating group) is 1. The largest absolute Gasteiger partial charge is 0.314 e. The predicted molar refractivity (Wildman–Crippen MR) is 78.1 cm³/mol. The van der Waals surface area contributed by atoms with Gasteiger partial charge in [0.1, 0.15) is 0 Å². The van der Waals surface area contributed by atoms with Crippen LogP contribution in [0.3, 0.4) is 0 Å². The van der Waals surface area contributed by atoms with E-state index in [0.29, 0.717) is 6.04 Å². The Kier molecular flexibility index (Phi) is 5.23. The summed E-state index contributed by atoms with van der Waals surface area (Å²) in [6.07, 6.45) is 3.57. The Hall–Kier alpha value is -0.640. The molecule has 0 fully saturated rings. The van der Waals surface area contributed by atoms with Crippen molar-refractivity contribution in [2.45, 2.75) is 32.2 Å². The third kappa shape index (κ3) is 4.26. The van der Waals surface area contributed by atoms with Gasteiger partial charge in [-0.1, -0.05) is 13.0 Å². The van der Waals surface area contributed by atoms with Gasteiger partial charge in [-0.15, -0.1) is 11.3 Å². The zero-order valence-corrected chi connectivity index (χ0v) is 11.8. The minimum atomic E-state index is 0.610. The fourth-order valence-corrected chi connectivity index (χ4v) is 3.50. The molecule has 1 unspecified atom stereocenters. The van der Waals surface area contributed by atoms with Gasteiger partial charge in [0.2, 0.25) is 0 Å². The number of hydrogen-bond acceptors (Lipinski definition) is 3. The maximum Gasteiger partial charge on any atom is 0.0118 e. The first-order valence-corrected chi connectivity index (χ1v) is 7.97. The zero-order valence-electron chi connectivity index (χ0n) is 10.2. The van der Waals surface area contributed by atoms with Crippen molar-refractivity contribution in [1.29, 1.82) is 0 Å². The van der Waals surface area contributed by atoms with Crippen LogP contribution in [0.1, 0.15) is 23.8 Å². The van der Waals surface area contributed by atoms with Crippen molar-refractivity contribution in [3.63, 3.8) is 0 Å². The Bertz CT molecular complexity index is 392. The standard InChI is InChI=1S/C14H19NS2/c1-2-15-13(10-14-4-3-8-17-14)6-5-12-7-9-16-11-12/h3-4,7-9,11,13,15H,2,5-6,10H2,1H3. The highest BCUT2D eigenvalue weighted by molar-refractivity contribution is 7.09. The van der Waals surface area contributed by atoms with Gasteiger partial charge in [-0.25, -0.2) is 0 Å². The molecule has 2 heterocycles. The van der Waals surface area contributed by atoms with E-state index >= 15 is 0 Å². The van der Waals surface area contributed by atoms with Crippen molar-refractivity contribution in [3.8, 4) is 0 Å². The molecule has 0 amide bonds. The molecule has 1 nitrogen and oxygen atoms in total. The van der Waals surface area contributed by atoms with Gasteiger partial charge in [0.05, 0.1) is 0 Å². The van der Waals surface area contributed by atoms with Gasteiger partial charge >= 0.3 is 0 Å². The van der Waals surface area contributed by atoms with Gasteiger partial charge in [-0.2, -0.15) is 11.3 Å². The first-order valence-electron chi connectivity index (χ1n) is 6.15. The van der Waals surface area contributed by atoms with Gasteiger partial charge in [-0.3, -0.25) is 0 Å². The molecule has 2 aromatic heterocycles. The number of hydrogen-bond donors (Lipinski definition) is 1. The molecule has 17 heavy (non-hydrogen) atoms. The highest BCUT2D eigenvalue weighted by atomic mass is 32.1.